The van der Waals surface area contributed by atoms with Crippen LogP contribution < -0.4 is 31.2 Å². The summed E-state index contributed by atoms with van der Waals surface area (Å²) in [5.74, 6) is -2.37. The molecule has 1 aliphatic carbocycles. The van der Waals surface area contributed by atoms with Crippen LogP contribution in [0.3, 0.4) is 0 Å². The molecule has 0 radical (unpaired) electrons. The van der Waals surface area contributed by atoms with E-state index in [1.54, 1.807) is 48.0 Å². The van der Waals surface area contributed by atoms with Crippen molar-refractivity contribution in [3.8, 4) is 11.5 Å². The Morgan fingerprint density at radius 3 is 2.46 bits per heavy atom. The summed E-state index contributed by atoms with van der Waals surface area (Å²) in [6.45, 7) is 1.40. The van der Waals surface area contributed by atoms with Crippen LogP contribution in [-0.4, -0.2) is 82.6 Å². The number of aromatic nitrogens is 1. The molecule has 4 aromatic rings. The summed E-state index contributed by atoms with van der Waals surface area (Å²) in [4.78, 5) is 65.2. The number of ether oxygens (including phenoxy) is 2. The number of nitrogens with zero attached hydrogens (tertiary/aromatic N) is 2. The van der Waals surface area contributed by atoms with E-state index in [0.717, 1.165) is 43.4 Å². The van der Waals surface area contributed by atoms with Crippen molar-refractivity contribution >= 4 is 52.3 Å². The van der Waals surface area contributed by atoms with Crippen LogP contribution >= 0.6 is 11.3 Å². The number of hydrogen-bond acceptors (Lipinski definition) is 10. The van der Waals surface area contributed by atoms with Crippen molar-refractivity contribution in [2.24, 2.45) is 5.73 Å². The first-order valence-electron chi connectivity index (χ1n) is 18.0. The summed E-state index contributed by atoms with van der Waals surface area (Å²) in [6.07, 6.45) is -0.265. The highest BCUT2D eigenvalue weighted by atomic mass is 32.1. The van der Waals surface area contributed by atoms with Gasteiger partial charge in [0.15, 0.2) is 6.61 Å². The lowest BCUT2D eigenvalue weighted by atomic mass is 10.1. The molecule has 14 nitrogen and oxygen atoms in total. The number of thiazole rings is 1. The second-order valence-electron chi connectivity index (χ2n) is 13.2. The molecule has 0 saturated heterocycles. The van der Waals surface area contributed by atoms with Gasteiger partial charge in [0.05, 0.1) is 29.5 Å². The van der Waals surface area contributed by atoms with Crippen molar-refractivity contribution < 1.29 is 51.7 Å². The molecule has 0 spiro atoms. The second-order valence-corrected chi connectivity index (χ2v) is 13.9. The first-order chi connectivity index (χ1) is 27.3. The van der Waals surface area contributed by atoms with Gasteiger partial charge >= 0.3 is 12.1 Å². The quantitative estimate of drug-likeness (QED) is 0.0913. The highest BCUT2D eigenvalue weighted by Crippen LogP contribution is 2.33. The Labute approximate surface area is 329 Å². The van der Waals surface area contributed by atoms with Crippen LogP contribution in [0.25, 0.3) is 0 Å². The molecule has 302 valence electrons. The fourth-order valence-corrected chi connectivity index (χ4v) is 6.12. The van der Waals surface area contributed by atoms with Crippen LogP contribution in [0, 0.1) is 0 Å². The number of nitrogens with one attached hydrogen (secondary N) is 3. The number of amides is 4. The number of carboxylic acid groups (broad SMARTS) is 1. The van der Waals surface area contributed by atoms with E-state index in [2.05, 4.69) is 20.9 Å². The lowest BCUT2D eigenvalue weighted by Gasteiger charge is -2.24. The minimum absolute atomic E-state index is 0.0762. The molecule has 1 aliphatic heterocycles. The molecule has 0 unspecified atom stereocenters. The number of fused-ring (bicyclic) bond motifs is 1. The van der Waals surface area contributed by atoms with E-state index in [-0.39, 0.29) is 36.3 Å². The highest BCUT2D eigenvalue weighted by molar-refractivity contribution is 7.07. The summed E-state index contributed by atoms with van der Waals surface area (Å²) in [7, 11) is 0. The minimum Gasteiger partial charge on any atom is -0.494 e. The Morgan fingerprint density at radius 2 is 1.77 bits per heavy atom. The van der Waals surface area contributed by atoms with Crippen LogP contribution in [0.1, 0.15) is 64.1 Å². The van der Waals surface area contributed by atoms with Gasteiger partial charge in [0, 0.05) is 53.8 Å². The van der Waals surface area contributed by atoms with Gasteiger partial charge in [-0.15, -0.1) is 11.3 Å². The van der Waals surface area contributed by atoms with E-state index >= 15 is 0 Å². The number of alkyl halides is 3. The Morgan fingerprint density at radius 1 is 1.04 bits per heavy atom. The molecule has 4 amide bonds. The SMILES string of the molecule is N[C@@H](Cc1cscn1)C(=O)NCCCCCOc1cccc(NC(=O)c2ccc(CN(C(=O)c3ccc4c(c3)OCC(=O)N4)C3CC3)cc2)c1.O=C(O)C(F)(F)F. The number of unbranched alkanes of at least 4 members (excludes halogenated alkanes) is 2. The van der Waals surface area contributed by atoms with Gasteiger partial charge in [-0.05, 0) is 80.1 Å². The molecular formula is C39H41F3N6O8S. The molecule has 6 N–H and O–H groups in total. The second kappa shape index (κ2) is 19.7. The Hall–Kier alpha value is -6.01. The van der Waals surface area contributed by atoms with Gasteiger partial charge in [0.2, 0.25) is 5.91 Å². The maximum absolute atomic E-state index is 13.5. The molecule has 1 atom stereocenters. The zero-order chi connectivity index (χ0) is 41.0. The van der Waals surface area contributed by atoms with Crippen LogP contribution in [0.2, 0.25) is 0 Å². The third kappa shape index (κ3) is 13.0. The Balaban J connectivity index is 0.000000811. The lowest BCUT2D eigenvalue weighted by Crippen LogP contribution is -2.42. The molecule has 1 saturated carbocycles. The van der Waals surface area contributed by atoms with Gasteiger partial charge in [-0.2, -0.15) is 13.2 Å². The third-order valence-electron chi connectivity index (χ3n) is 8.65. The largest absolute Gasteiger partial charge is 0.494 e. The predicted octanol–water partition coefficient (Wildman–Crippen LogP) is 5.40. The molecule has 1 aromatic heterocycles. The van der Waals surface area contributed by atoms with Gasteiger partial charge in [-0.25, -0.2) is 9.78 Å². The lowest BCUT2D eigenvalue weighted by molar-refractivity contribution is -0.192. The van der Waals surface area contributed by atoms with E-state index in [9.17, 15) is 32.3 Å². The monoisotopic (exact) mass is 810 g/mol. The number of carbonyl (C=O) groups excluding carboxylic acids is 4. The van der Waals surface area contributed by atoms with Crippen LogP contribution in [-0.2, 0) is 27.3 Å². The Bertz CT molecular complexity index is 2030. The number of halogens is 3. The minimum atomic E-state index is -5.08. The van der Waals surface area contributed by atoms with Crippen molar-refractivity contribution in [1.29, 1.82) is 0 Å². The van der Waals surface area contributed by atoms with Crippen LogP contribution in [0.5, 0.6) is 11.5 Å². The van der Waals surface area contributed by atoms with Gasteiger partial charge in [0.1, 0.15) is 11.5 Å². The molecule has 3 aromatic carbocycles. The summed E-state index contributed by atoms with van der Waals surface area (Å²) in [5.41, 5.74) is 11.6. The molecule has 18 heteroatoms. The average molecular weight is 811 g/mol. The number of benzene rings is 3. The summed E-state index contributed by atoms with van der Waals surface area (Å²) >= 11 is 1.48. The fraction of sp³-hybridized carbons (Fsp3) is 0.333. The molecule has 2 aliphatic rings. The molecule has 1 fully saturated rings. The zero-order valence-corrected chi connectivity index (χ0v) is 31.4. The zero-order valence-electron chi connectivity index (χ0n) is 30.6. The summed E-state index contributed by atoms with van der Waals surface area (Å²) in [5, 5.41) is 17.6. The van der Waals surface area contributed by atoms with Gasteiger partial charge in [0.25, 0.3) is 17.7 Å². The van der Waals surface area contributed by atoms with E-state index in [1.165, 1.54) is 11.3 Å². The van der Waals surface area contributed by atoms with E-state index in [0.29, 0.717) is 60.1 Å². The summed E-state index contributed by atoms with van der Waals surface area (Å²) < 4.78 is 43.1. The number of rotatable bonds is 16. The Kier molecular flexibility index (Phi) is 14.6. The molecule has 57 heavy (non-hydrogen) atoms. The van der Waals surface area contributed by atoms with Gasteiger partial charge < -0.3 is 41.2 Å². The van der Waals surface area contributed by atoms with E-state index < -0.39 is 18.2 Å². The van der Waals surface area contributed by atoms with E-state index in [4.69, 9.17) is 25.1 Å². The van der Waals surface area contributed by atoms with E-state index in [1.807, 2.05) is 34.5 Å². The number of anilines is 2. The van der Waals surface area contributed by atoms with Crippen LogP contribution in [0.4, 0.5) is 24.5 Å². The van der Waals surface area contributed by atoms with Crippen molar-refractivity contribution in [3.05, 3.63) is 100 Å². The maximum atomic E-state index is 13.5. The first-order valence-corrected chi connectivity index (χ1v) is 18.9. The summed E-state index contributed by atoms with van der Waals surface area (Å²) in [6, 6.07) is 19.1. The smallest absolute Gasteiger partial charge is 0.490 e. The van der Waals surface area contributed by atoms with Crippen LogP contribution in [0.15, 0.2) is 77.6 Å². The molecule has 2 heterocycles. The van der Waals surface area contributed by atoms with Crippen molar-refractivity contribution in [2.75, 3.05) is 30.4 Å². The number of carbonyl (C=O) groups is 5. The molecular weight excluding hydrogens is 770 g/mol. The average Bonchev–Trinajstić information content (AvgIpc) is 3.90. The fourth-order valence-electron chi connectivity index (χ4n) is 5.54. The normalized spacial score (nSPS) is 13.7. The number of carboxylic acids is 1. The topological polar surface area (TPSA) is 202 Å². The first kappa shape index (κ1) is 42.1. The van der Waals surface area contributed by atoms with Crippen molar-refractivity contribution in [3.63, 3.8) is 0 Å². The number of aliphatic carboxylic acids is 1. The van der Waals surface area contributed by atoms with Crippen molar-refractivity contribution in [2.45, 2.75) is 63.3 Å². The number of nitrogens with two attached hydrogens (primary N) is 1. The van der Waals surface area contributed by atoms with Gasteiger partial charge in [-0.1, -0.05) is 18.2 Å². The number of hydrogen-bond donors (Lipinski definition) is 5. The highest BCUT2D eigenvalue weighted by Gasteiger charge is 2.38. The third-order valence-corrected chi connectivity index (χ3v) is 9.29. The predicted molar refractivity (Wildman–Crippen MR) is 204 cm³/mol. The standard InChI is InChI=1S/C37H40N6O6S.C2HF3O2/c38-31(19-28-22-50-23-40-28)36(46)39-15-2-1-3-16-48-30-6-4-5-27(18-30)41-35(45)25-9-7-24(8-10-25)20-43(29-12-13-29)37(47)26-11-14-32-33(17-26)49-21-34(44)42-32;3-2(4,5)1(6)7/h4-11,14,17-18,22-23,29,31H,1-3,12-13,15-16,19-21,38H2,(H,39,46)(H,41,45)(H,42,44);(H,6,7)/t31-;/m0./s1. The van der Waals surface area contributed by atoms with Crippen molar-refractivity contribution in [1.82, 2.24) is 15.2 Å². The van der Waals surface area contributed by atoms with Gasteiger partial charge in [-0.3, -0.25) is 19.2 Å². The molecule has 0 bridgehead atoms. The molecule has 6 rings (SSSR count). The maximum Gasteiger partial charge on any atom is 0.490 e.